The zero-order valence-electron chi connectivity index (χ0n) is 10.5. The summed E-state index contributed by atoms with van der Waals surface area (Å²) in [4.78, 5) is 2.29. The molecule has 0 fully saturated rings. The third-order valence-electron chi connectivity index (χ3n) is 2.65. The summed E-state index contributed by atoms with van der Waals surface area (Å²) in [6.45, 7) is 11.5. The zero-order chi connectivity index (χ0) is 12.0. The van der Waals surface area contributed by atoms with Crippen molar-refractivity contribution in [1.82, 2.24) is 10.2 Å². The monoisotopic (exact) mass is 222 g/mol. The van der Waals surface area contributed by atoms with Crippen LogP contribution < -0.4 is 5.32 Å². The Labute approximate surface area is 98.1 Å². The molecule has 3 heteroatoms. The van der Waals surface area contributed by atoms with Crippen LogP contribution >= 0.6 is 0 Å². The van der Waals surface area contributed by atoms with Gasteiger partial charge >= 0.3 is 0 Å². The minimum atomic E-state index is 0.854. The number of hydrogen-bond donors (Lipinski definition) is 1. The molecule has 90 valence electrons. The predicted octanol–water partition coefficient (Wildman–Crippen LogP) is 2.32. The molecule has 1 aromatic rings. The molecule has 3 nitrogen and oxygen atoms in total. The topological polar surface area (TPSA) is 28.4 Å². The van der Waals surface area contributed by atoms with Crippen LogP contribution in [0.4, 0.5) is 0 Å². The molecule has 0 saturated carbocycles. The average molecular weight is 222 g/mol. The molecule has 0 aromatic carbocycles. The van der Waals surface area contributed by atoms with Gasteiger partial charge in [0.05, 0.1) is 6.54 Å². The smallest absolute Gasteiger partial charge is 0.118 e. The van der Waals surface area contributed by atoms with E-state index in [0.717, 1.165) is 37.7 Å². The second-order valence-corrected chi connectivity index (χ2v) is 3.94. The first-order chi connectivity index (χ1) is 7.71. The molecule has 0 aliphatic heterocycles. The summed E-state index contributed by atoms with van der Waals surface area (Å²) in [5.74, 6) is 2.05. The molecule has 0 aliphatic carbocycles. The third kappa shape index (κ3) is 3.51. The quantitative estimate of drug-likeness (QED) is 0.718. The molecule has 1 aromatic heterocycles. The van der Waals surface area contributed by atoms with Crippen molar-refractivity contribution in [3.05, 3.63) is 35.8 Å². The lowest BCUT2D eigenvalue weighted by Crippen LogP contribution is -2.22. The van der Waals surface area contributed by atoms with Gasteiger partial charge in [0.25, 0.3) is 0 Å². The second kappa shape index (κ2) is 6.51. The highest BCUT2D eigenvalue weighted by molar-refractivity contribution is 5.20. The van der Waals surface area contributed by atoms with Gasteiger partial charge in [-0.25, -0.2) is 0 Å². The fraction of sp³-hybridized carbons (Fsp3) is 0.538. The number of hydrogen-bond acceptors (Lipinski definition) is 3. The van der Waals surface area contributed by atoms with Gasteiger partial charge in [0.2, 0.25) is 0 Å². The van der Waals surface area contributed by atoms with Crippen LogP contribution in [0.3, 0.4) is 0 Å². The Hall–Kier alpha value is -1.06. The van der Waals surface area contributed by atoms with Gasteiger partial charge in [0.15, 0.2) is 0 Å². The van der Waals surface area contributed by atoms with Gasteiger partial charge in [0.1, 0.15) is 11.5 Å². The molecule has 1 heterocycles. The van der Waals surface area contributed by atoms with E-state index in [1.54, 1.807) is 0 Å². The summed E-state index contributed by atoms with van der Waals surface area (Å²) in [6, 6.07) is 2.14. The normalized spacial score (nSPS) is 11.0. The van der Waals surface area contributed by atoms with Crippen molar-refractivity contribution >= 4 is 0 Å². The standard InChI is InChI=1S/C13H22N2O/c1-5-7-15(6-2)10-13-8-12(9-14-4)11(3)16-13/h5,8,14H,1,6-7,9-10H2,2-4H3. The average Bonchev–Trinajstić information content (AvgIpc) is 2.59. The molecule has 0 spiro atoms. The summed E-state index contributed by atoms with van der Waals surface area (Å²) >= 11 is 0. The van der Waals surface area contributed by atoms with Gasteiger partial charge in [0, 0.05) is 18.7 Å². The van der Waals surface area contributed by atoms with E-state index in [-0.39, 0.29) is 0 Å². The summed E-state index contributed by atoms with van der Waals surface area (Å²) in [5, 5.41) is 3.14. The molecule has 1 N–H and O–H groups in total. The Morgan fingerprint density at radius 3 is 2.88 bits per heavy atom. The zero-order valence-corrected chi connectivity index (χ0v) is 10.5. The van der Waals surface area contributed by atoms with Crippen molar-refractivity contribution in [3.63, 3.8) is 0 Å². The maximum Gasteiger partial charge on any atom is 0.118 e. The van der Waals surface area contributed by atoms with Gasteiger partial charge in [-0.2, -0.15) is 0 Å². The molecule has 0 amide bonds. The summed E-state index contributed by atoms with van der Waals surface area (Å²) in [5.41, 5.74) is 1.24. The van der Waals surface area contributed by atoms with Crippen molar-refractivity contribution in [2.24, 2.45) is 0 Å². The first kappa shape index (κ1) is 13.0. The molecule has 0 aliphatic rings. The highest BCUT2D eigenvalue weighted by Crippen LogP contribution is 2.16. The van der Waals surface area contributed by atoms with Crippen LogP contribution in [0.5, 0.6) is 0 Å². The van der Waals surface area contributed by atoms with Gasteiger partial charge in [-0.15, -0.1) is 6.58 Å². The van der Waals surface area contributed by atoms with Crippen LogP contribution in [0.15, 0.2) is 23.1 Å². The molecular weight excluding hydrogens is 200 g/mol. The molecule has 0 saturated heterocycles. The Balaban J connectivity index is 2.65. The molecule has 0 unspecified atom stereocenters. The highest BCUT2D eigenvalue weighted by Gasteiger charge is 2.09. The van der Waals surface area contributed by atoms with Crippen LogP contribution in [0, 0.1) is 6.92 Å². The largest absolute Gasteiger partial charge is 0.465 e. The van der Waals surface area contributed by atoms with Gasteiger partial charge < -0.3 is 9.73 Å². The number of nitrogens with one attached hydrogen (secondary N) is 1. The van der Waals surface area contributed by atoms with E-state index in [4.69, 9.17) is 4.42 Å². The maximum absolute atomic E-state index is 5.73. The van der Waals surface area contributed by atoms with Crippen molar-refractivity contribution < 1.29 is 4.42 Å². The van der Waals surface area contributed by atoms with E-state index in [1.807, 2.05) is 20.0 Å². The van der Waals surface area contributed by atoms with E-state index >= 15 is 0 Å². The SMILES string of the molecule is C=CCN(CC)Cc1cc(CNC)c(C)o1. The number of likely N-dealkylation sites (N-methyl/N-ethyl adjacent to an activating group) is 1. The third-order valence-corrected chi connectivity index (χ3v) is 2.65. The molecule has 0 bridgehead atoms. The summed E-state index contributed by atoms with van der Waals surface area (Å²) in [7, 11) is 1.95. The Morgan fingerprint density at radius 2 is 2.31 bits per heavy atom. The van der Waals surface area contributed by atoms with Crippen molar-refractivity contribution in [1.29, 1.82) is 0 Å². The van der Waals surface area contributed by atoms with E-state index in [0.29, 0.717) is 0 Å². The highest BCUT2D eigenvalue weighted by atomic mass is 16.3. The van der Waals surface area contributed by atoms with Crippen LogP contribution in [0.25, 0.3) is 0 Å². The Bertz CT molecular complexity index is 331. The molecule has 1 rings (SSSR count). The van der Waals surface area contributed by atoms with Gasteiger partial charge in [-0.3, -0.25) is 4.90 Å². The van der Waals surface area contributed by atoms with Crippen molar-refractivity contribution in [3.8, 4) is 0 Å². The predicted molar refractivity (Wildman–Crippen MR) is 67.4 cm³/mol. The van der Waals surface area contributed by atoms with Crippen LogP contribution in [-0.2, 0) is 13.1 Å². The van der Waals surface area contributed by atoms with E-state index in [1.165, 1.54) is 5.56 Å². The van der Waals surface area contributed by atoms with Gasteiger partial charge in [-0.1, -0.05) is 13.0 Å². The first-order valence-corrected chi connectivity index (χ1v) is 5.77. The summed E-state index contributed by atoms with van der Waals surface area (Å²) < 4.78 is 5.73. The van der Waals surface area contributed by atoms with E-state index in [9.17, 15) is 0 Å². The molecular formula is C13H22N2O. The fourth-order valence-corrected chi connectivity index (χ4v) is 1.74. The van der Waals surface area contributed by atoms with Crippen LogP contribution in [0.1, 0.15) is 24.0 Å². The number of furan rings is 1. The number of nitrogens with zero attached hydrogens (tertiary/aromatic N) is 1. The van der Waals surface area contributed by atoms with Crippen LogP contribution in [0.2, 0.25) is 0 Å². The Kier molecular flexibility index (Phi) is 5.29. The molecule has 0 radical (unpaired) electrons. The van der Waals surface area contributed by atoms with E-state index in [2.05, 4.69) is 29.8 Å². The van der Waals surface area contributed by atoms with Crippen molar-refractivity contribution in [2.75, 3.05) is 20.1 Å². The molecule has 16 heavy (non-hydrogen) atoms. The lowest BCUT2D eigenvalue weighted by Gasteiger charge is -2.16. The van der Waals surface area contributed by atoms with Crippen LogP contribution in [-0.4, -0.2) is 25.0 Å². The first-order valence-electron chi connectivity index (χ1n) is 5.77. The maximum atomic E-state index is 5.73. The summed E-state index contributed by atoms with van der Waals surface area (Å²) in [6.07, 6.45) is 1.92. The number of aryl methyl sites for hydroxylation is 1. The molecule has 0 atom stereocenters. The lowest BCUT2D eigenvalue weighted by atomic mass is 10.2. The van der Waals surface area contributed by atoms with E-state index < -0.39 is 0 Å². The minimum Gasteiger partial charge on any atom is -0.465 e. The second-order valence-electron chi connectivity index (χ2n) is 3.94. The minimum absolute atomic E-state index is 0.854. The lowest BCUT2D eigenvalue weighted by molar-refractivity contribution is 0.279. The fourth-order valence-electron chi connectivity index (χ4n) is 1.74. The Morgan fingerprint density at radius 1 is 1.56 bits per heavy atom. The van der Waals surface area contributed by atoms with Gasteiger partial charge in [-0.05, 0) is 26.6 Å². The number of rotatable bonds is 7. The van der Waals surface area contributed by atoms with Crippen molar-refractivity contribution in [2.45, 2.75) is 26.9 Å².